The number of nitrogens with zero attached hydrogens (tertiary/aromatic N) is 3. The quantitative estimate of drug-likeness (QED) is 0.474. The van der Waals surface area contributed by atoms with Gasteiger partial charge in [-0.1, -0.05) is 6.07 Å². The molecular formula is C12H15N5. The smallest absolute Gasteiger partial charge is 0.0857 e. The molecule has 0 aliphatic heterocycles. The number of aromatic nitrogens is 2. The summed E-state index contributed by atoms with van der Waals surface area (Å²) in [5.74, 6) is 5.45. The fraction of sp³-hybridized carbons (Fsp3) is 0.167. The van der Waals surface area contributed by atoms with Gasteiger partial charge in [-0.3, -0.25) is 4.99 Å². The standard InChI is InChI=1S/C12H15N5/c1-9-2-3-11(13)12(6-9)15-5-4-10-7-16-17(14)8-10/h2-3,5-8H,4,13-14H2,1H3/b15-5-. The molecule has 5 heteroatoms. The number of anilines is 1. The average molecular weight is 229 g/mol. The maximum atomic E-state index is 5.82. The minimum absolute atomic E-state index is 0.682. The minimum atomic E-state index is 0.682. The van der Waals surface area contributed by atoms with E-state index in [1.54, 1.807) is 12.4 Å². The molecule has 2 aromatic rings. The van der Waals surface area contributed by atoms with Gasteiger partial charge in [0.15, 0.2) is 0 Å². The molecule has 0 spiro atoms. The fourth-order valence-electron chi connectivity index (χ4n) is 1.50. The first-order valence-corrected chi connectivity index (χ1v) is 5.32. The molecule has 2 rings (SSSR count). The summed E-state index contributed by atoms with van der Waals surface area (Å²) in [7, 11) is 0. The second-order valence-electron chi connectivity index (χ2n) is 3.91. The van der Waals surface area contributed by atoms with Gasteiger partial charge in [0.25, 0.3) is 0 Å². The molecule has 5 nitrogen and oxygen atoms in total. The lowest BCUT2D eigenvalue weighted by Crippen LogP contribution is -2.07. The normalized spacial score (nSPS) is 11.1. The highest BCUT2D eigenvalue weighted by Gasteiger charge is 1.97. The van der Waals surface area contributed by atoms with Crippen molar-refractivity contribution in [2.75, 3.05) is 11.6 Å². The highest BCUT2D eigenvalue weighted by Crippen LogP contribution is 2.22. The van der Waals surface area contributed by atoms with Crippen molar-refractivity contribution in [1.82, 2.24) is 9.89 Å². The molecule has 88 valence electrons. The van der Waals surface area contributed by atoms with Gasteiger partial charge in [-0.05, 0) is 30.2 Å². The molecule has 0 bridgehead atoms. The lowest BCUT2D eigenvalue weighted by atomic mass is 10.2. The van der Waals surface area contributed by atoms with Crippen LogP contribution in [0.25, 0.3) is 0 Å². The molecule has 0 fully saturated rings. The molecule has 0 amide bonds. The van der Waals surface area contributed by atoms with Crippen LogP contribution in [-0.4, -0.2) is 16.1 Å². The zero-order valence-electron chi connectivity index (χ0n) is 9.67. The van der Waals surface area contributed by atoms with Crippen molar-refractivity contribution in [3.8, 4) is 0 Å². The number of nitrogen functional groups attached to an aromatic ring is 2. The van der Waals surface area contributed by atoms with E-state index in [9.17, 15) is 0 Å². The van der Waals surface area contributed by atoms with Gasteiger partial charge in [0.05, 0.1) is 23.8 Å². The van der Waals surface area contributed by atoms with Crippen LogP contribution < -0.4 is 11.6 Å². The Kier molecular flexibility index (Phi) is 3.09. The van der Waals surface area contributed by atoms with Crippen molar-refractivity contribution in [3.05, 3.63) is 41.7 Å². The van der Waals surface area contributed by atoms with Crippen molar-refractivity contribution in [2.24, 2.45) is 4.99 Å². The Morgan fingerprint density at radius 1 is 1.47 bits per heavy atom. The van der Waals surface area contributed by atoms with Crippen molar-refractivity contribution in [1.29, 1.82) is 0 Å². The van der Waals surface area contributed by atoms with Crippen LogP contribution in [0.2, 0.25) is 0 Å². The van der Waals surface area contributed by atoms with Gasteiger partial charge in [0, 0.05) is 12.6 Å². The van der Waals surface area contributed by atoms with E-state index in [-0.39, 0.29) is 0 Å². The summed E-state index contributed by atoms with van der Waals surface area (Å²) in [5.41, 5.74) is 9.46. The van der Waals surface area contributed by atoms with E-state index in [1.807, 2.05) is 31.3 Å². The second-order valence-corrected chi connectivity index (χ2v) is 3.91. The molecule has 0 atom stereocenters. The highest BCUT2D eigenvalue weighted by atomic mass is 15.5. The molecule has 17 heavy (non-hydrogen) atoms. The summed E-state index contributed by atoms with van der Waals surface area (Å²) in [6.07, 6.45) is 5.96. The van der Waals surface area contributed by atoms with Gasteiger partial charge in [0.1, 0.15) is 0 Å². The molecule has 0 radical (unpaired) electrons. The van der Waals surface area contributed by atoms with E-state index < -0.39 is 0 Å². The van der Waals surface area contributed by atoms with Gasteiger partial charge in [-0.25, -0.2) is 0 Å². The number of aliphatic imine (C=N–C) groups is 1. The maximum absolute atomic E-state index is 5.82. The number of aryl methyl sites for hydroxylation is 1. The van der Waals surface area contributed by atoms with Crippen LogP contribution in [-0.2, 0) is 6.42 Å². The zero-order valence-corrected chi connectivity index (χ0v) is 9.67. The van der Waals surface area contributed by atoms with Crippen LogP contribution in [0.3, 0.4) is 0 Å². The summed E-state index contributed by atoms with van der Waals surface area (Å²) in [5, 5.41) is 3.88. The Bertz CT molecular complexity index is 542. The van der Waals surface area contributed by atoms with Crippen molar-refractivity contribution in [2.45, 2.75) is 13.3 Å². The lowest BCUT2D eigenvalue weighted by molar-refractivity contribution is 0.831. The number of rotatable bonds is 3. The summed E-state index contributed by atoms with van der Waals surface area (Å²) in [6, 6.07) is 5.78. The lowest BCUT2D eigenvalue weighted by Gasteiger charge is -2.00. The van der Waals surface area contributed by atoms with Crippen LogP contribution in [0.15, 0.2) is 35.6 Å². The van der Waals surface area contributed by atoms with Gasteiger partial charge >= 0.3 is 0 Å². The molecule has 0 saturated heterocycles. The predicted octanol–water partition coefficient (Wildman–Crippen LogP) is 1.43. The Balaban J connectivity index is 2.07. The van der Waals surface area contributed by atoms with Crippen LogP contribution >= 0.6 is 0 Å². The Labute approximate surface area is 99.7 Å². The first-order valence-electron chi connectivity index (χ1n) is 5.32. The molecule has 0 unspecified atom stereocenters. The van der Waals surface area contributed by atoms with E-state index >= 15 is 0 Å². The number of hydrogen-bond acceptors (Lipinski definition) is 4. The third kappa shape index (κ3) is 2.84. The number of nitrogens with two attached hydrogens (primary N) is 2. The van der Waals surface area contributed by atoms with E-state index in [0.717, 1.165) is 16.8 Å². The monoisotopic (exact) mass is 229 g/mol. The molecule has 0 aliphatic rings. The molecule has 1 aromatic carbocycles. The van der Waals surface area contributed by atoms with Gasteiger partial charge in [-0.15, -0.1) is 0 Å². The summed E-state index contributed by atoms with van der Waals surface area (Å²) >= 11 is 0. The molecule has 0 saturated carbocycles. The second kappa shape index (κ2) is 4.69. The SMILES string of the molecule is Cc1ccc(N)c(/N=C\Cc2cnn(N)c2)c1. The minimum Gasteiger partial charge on any atom is -0.397 e. The first kappa shape index (κ1) is 11.2. The van der Waals surface area contributed by atoms with Crippen molar-refractivity contribution < 1.29 is 0 Å². The molecule has 0 aliphatic carbocycles. The number of hydrogen-bond donors (Lipinski definition) is 2. The summed E-state index contributed by atoms with van der Waals surface area (Å²) < 4.78 is 0. The Morgan fingerprint density at radius 2 is 2.29 bits per heavy atom. The average Bonchev–Trinajstić information content (AvgIpc) is 2.69. The first-order chi connectivity index (χ1) is 8.15. The highest BCUT2D eigenvalue weighted by molar-refractivity contribution is 5.72. The van der Waals surface area contributed by atoms with Crippen molar-refractivity contribution in [3.63, 3.8) is 0 Å². The van der Waals surface area contributed by atoms with Crippen LogP contribution in [0.1, 0.15) is 11.1 Å². The van der Waals surface area contributed by atoms with Crippen LogP contribution in [0.4, 0.5) is 11.4 Å². The Morgan fingerprint density at radius 3 is 3.00 bits per heavy atom. The van der Waals surface area contributed by atoms with E-state index in [1.165, 1.54) is 4.79 Å². The van der Waals surface area contributed by atoms with Crippen LogP contribution in [0.5, 0.6) is 0 Å². The van der Waals surface area contributed by atoms with Crippen LogP contribution in [0, 0.1) is 6.92 Å². The third-order valence-corrected chi connectivity index (χ3v) is 2.40. The van der Waals surface area contributed by atoms with Gasteiger partial charge in [-0.2, -0.15) is 9.89 Å². The largest absolute Gasteiger partial charge is 0.397 e. The molecule has 1 heterocycles. The van der Waals surface area contributed by atoms with E-state index in [0.29, 0.717) is 12.1 Å². The topological polar surface area (TPSA) is 82.2 Å². The maximum Gasteiger partial charge on any atom is 0.0857 e. The molecule has 4 N–H and O–H groups in total. The molecule has 1 aromatic heterocycles. The summed E-state index contributed by atoms with van der Waals surface area (Å²) in [6.45, 7) is 2.01. The molecular weight excluding hydrogens is 214 g/mol. The van der Waals surface area contributed by atoms with E-state index in [2.05, 4.69) is 10.1 Å². The third-order valence-electron chi connectivity index (χ3n) is 2.40. The summed E-state index contributed by atoms with van der Waals surface area (Å²) in [4.78, 5) is 5.63. The van der Waals surface area contributed by atoms with Crippen molar-refractivity contribution >= 4 is 17.6 Å². The zero-order chi connectivity index (χ0) is 12.3. The van der Waals surface area contributed by atoms with Gasteiger partial charge < -0.3 is 11.6 Å². The fourth-order valence-corrected chi connectivity index (χ4v) is 1.50. The number of benzene rings is 1. The van der Waals surface area contributed by atoms with E-state index in [4.69, 9.17) is 11.6 Å². The predicted molar refractivity (Wildman–Crippen MR) is 69.8 cm³/mol. The van der Waals surface area contributed by atoms with Gasteiger partial charge in [0.2, 0.25) is 0 Å². The Hall–Kier alpha value is -2.30.